The van der Waals surface area contributed by atoms with Crippen molar-refractivity contribution in [2.24, 2.45) is 11.7 Å². The van der Waals surface area contributed by atoms with E-state index in [0.717, 1.165) is 35.7 Å². The molecule has 3 nitrogen and oxygen atoms in total. The van der Waals surface area contributed by atoms with Crippen LogP contribution in [0.2, 0.25) is 0 Å². The highest BCUT2D eigenvalue weighted by molar-refractivity contribution is 9.10. The highest BCUT2D eigenvalue weighted by Crippen LogP contribution is 2.42. The van der Waals surface area contributed by atoms with Crippen molar-refractivity contribution in [3.8, 4) is 0 Å². The molecule has 0 saturated heterocycles. The normalized spacial score (nSPS) is 22.0. The Hall–Kier alpha value is -0.870. The second kappa shape index (κ2) is 6.09. The van der Waals surface area contributed by atoms with Crippen LogP contribution in [0.1, 0.15) is 44.1 Å². The van der Waals surface area contributed by atoms with Crippen LogP contribution in [0.4, 0.5) is 0 Å². The van der Waals surface area contributed by atoms with E-state index in [1.807, 2.05) is 12.1 Å². The lowest BCUT2D eigenvalue weighted by atomic mass is 9.78. The van der Waals surface area contributed by atoms with Crippen molar-refractivity contribution in [1.82, 2.24) is 5.32 Å². The molecule has 0 heterocycles. The van der Waals surface area contributed by atoms with E-state index in [4.69, 9.17) is 5.73 Å². The van der Waals surface area contributed by atoms with E-state index in [1.165, 1.54) is 12.8 Å². The van der Waals surface area contributed by atoms with Crippen LogP contribution in [0.5, 0.6) is 0 Å². The van der Waals surface area contributed by atoms with Gasteiger partial charge < -0.3 is 11.1 Å². The van der Waals surface area contributed by atoms with Crippen LogP contribution in [0, 0.1) is 5.92 Å². The Labute approximate surface area is 134 Å². The Bertz CT molecular complexity index is 521. The van der Waals surface area contributed by atoms with E-state index in [1.54, 1.807) is 0 Å². The van der Waals surface area contributed by atoms with E-state index in [0.29, 0.717) is 12.5 Å². The summed E-state index contributed by atoms with van der Waals surface area (Å²) in [5, 5.41) is 3.13. The van der Waals surface area contributed by atoms with Gasteiger partial charge in [-0.3, -0.25) is 4.79 Å². The first kappa shape index (κ1) is 15.0. The number of amides is 1. The largest absolute Gasteiger partial charge is 0.354 e. The van der Waals surface area contributed by atoms with Gasteiger partial charge in [-0.15, -0.1) is 0 Å². The van der Waals surface area contributed by atoms with E-state index in [2.05, 4.69) is 33.4 Å². The van der Waals surface area contributed by atoms with Crippen LogP contribution < -0.4 is 11.1 Å². The smallest absolute Gasteiger partial charge is 0.230 e. The first-order chi connectivity index (χ1) is 10.1. The number of nitrogens with one attached hydrogen (secondary N) is 1. The molecular weight excluding hydrogens is 328 g/mol. The number of hydrogen-bond donors (Lipinski definition) is 2. The number of nitrogens with two attached hydrogens (primary N) is 1. The predicted octanol–water partition coefficient (Wildman–Crippen LogP) is 3.11. The topological polar surface area (TPSA) is 55.1 Å². The van der Waals surface area contributed by atoms with Gasteiger partial charge in [0, 0.05) is 17.1 Å². The minimum atomic E-state index is -0.354. The third-order valence-corrected chi connectivity index (χ3v) is 5.49. The van der Waals surface area contributed by atoms with Gasteiger partial charge in [0.2, 0.25) is 5.91 Å². The fraction of sp³-hybridized carbons (Fsp3) is 0.588. The maximum absolute atomic E-state index is 12.8. The van der Waals surface area contributed by atoms with Crippen LogP contribution in [0.15, 0.2) is 28.7 Å². The summed E-state index contributed by atoms with van der Waals surface area (Å²) in [5.41, 5.74) is 6.89. The molecule has 2 fully saturated rings. The minimum absolute atomic E-state index is 0.120. The molecule has 4 heteroatoms. The van der Waals surface area contributed by atoms with Gasteiger partial charge in [0.05, 0.1) is 5.41 Å². The Morgan fingerprint density at radius 1 is 1.38 bits per heavy atom. The Balaban J connectivity index is 1.75. The van der Waals surface area contributed by atoms with Crippen LogP contribution in [0.3, 0.4) is 0 Å². The third kappa shape index (κ3) is 3.16. The number of carbonyl (C=O) groups excluding carboxylic acids is 1. The molecule has 0 aromatic heterocycles. The lowest BCUT2D eigenvalue weighted by Gasteiger charge is -2.29. The lowest BCUT2D eigenvalue weighted by molar-refractivity contribution is -0.126. The third-order valence-electron chi connectivity index (χ3n) is 4.99. The van der Waals surface area contributed by atoms with Crippen LogP contribution in [-0.4, -0.2) is 18.5 Å². The van der Waals surface area contributed by atoms with Crippen molar-refractivity contribution in [2.75, 3.05) is 6.54 Å². The second-order valence-electron chi connectivity index (χ2n) is 6.51. The van der Waals surface area contributed by atoms with Crippen LogP contribution >= 0.6 is 15.9 Å². The Morgan fingerprint density at radius 3 is 2.71 bits per heavy atom. The molecule has 0 spiro atoms. The van der Waals surface area contributed by atoms with Crippen LogP contribution in [0.25, 0.3) is 0 Å². The molecule has 2 aliphatic carbocycles. The standard InChI is InChI=1S/C17H23BrN2O/c18-14-5-3-4-13(10-14)17(8-1-2-9-17)16(21)20-11-15(19)12-6-7-12/h3-5,10,12,15H,1-2,6-9,11,19H2,(H,20,21). The van der Waals surface area contributed by atoms with Gasteiger partial charge >= 0.3 is 0 Å². The molecule has 3 N–H and O–H groups in total. The number of hydrogen-bond acceptors (Lipinski definition) is 2. The van der Waals surface area contributed by atoms with Gasteiger partial charge in [-0.1, -0.05) is 40.9 Å². The van der Waals surface area contributed by atoms with Gasteiger partial charge in [0.25, 0.3) is 0 Å². The molecule has 2 saturated carbocycles. The quantitative estimate of drug-likeness (QED) is 0.856. The molecule has 1 amide bonds. The highest BCUT2D eigenvalue weighted by Gasteiger charge is 2.43. The molecule has 1 aromatic carbocycles. The second-order valence-corrected chi connectivity index (χ2v) is 7.43. The predicted molar refractivity (Wildman–Crippen MR) is 88.0 cm³/mol. The van der Waals surface area contributed by atoms with E-state index in [-0.39, 0.29) is 17.4 Å². The Morgan fingerprint density at radius 2 is 2.10 bits per heavy atom. The molecule has 1 aromatic rings. The summed E-state index contributed by atoms with van der Waals surface area (Å²) in [6.07, 6.45) is 6.55. The molecule has 0 radical (unpaired) electrons. The van der Waals surface area contributed by atoms with Crippen molar-refractivity contribution >= 4 is 21.8 Å². The number of rotatable bonds is 5. The van der Waals surface area contributed by atoms with E-state index >= 15 is 0 Å². The molecule has 1 atom stereocenters. The van der Waals surface area contributed by atoms with Crippen molar-refractivity contribution in [3.05, 3.63) is 34.3 Å². The van der Waals surface area contributed by atoms with E-state index < -0.39 is 0 Å². The highest BCUT2D eigenvalue weighted by atomic mass is 79.9. The molecular formula is C17H23BrN2O. The number of benzene rings is 1. The molecule has 1 unspecified atom stereocenters. The molecule has 0 aliphatic heterocycles. The fourth-order valence-electron chi connectivity index (χ4n) is 3.48. The average molecular weight is 351 g/mol. The summed E-state index contributed by atoms with van der Waals surface area (Å²) in [4.78, 5) is 12.8. The van der Waals surface area contributed by atoms with Gasteiger partial charge in [0.1, 0.15) is 0 Å². The summed E-state index contributed by atoms with van der Waals surface area (Å²) in [6.45, 7) is 0.610. The first-order valence-electron chi connectivity index (χ1n) is 7.92. The zero-order valence-corrected chi connectivity index (χ0v) is 13.9. The minimum Gasteiger partial charge on any atom is -0.354 e. The van der Waals surface area contributed by atoms with E-state index in [9.17, 15) is 4.79 Å². The summed E-state index contributed by atoms with van der Waals surface area (Å²) < 4.78 is 1.04. The number of halogens is 1. The molecule has 2 aliphatic rings. The summed E-state index contributed by atoms with van der Waals surface area (Å²) in [6, 6.07) is 8.31. The lowest BCUT2D eigenvalue weighted by Crippen LogP contribution is -2.47. The number of carbonyl (C=O) groups is 1. The van der Waals surface area contributed by atoms with Crippen molar-refractivity contribution in [3.63, 3.8) is 0 Å². The SMILES string of the molecule is NC(CNC(=O)C1(c2cccc(Br)c2)CCCC1)C1CC1. The molecule has 0 bridgehead atoms. The molecule has 114 valence electrons. The molecule has 21 heavy (non-hydrogen) atoms. The van der Waals surface area contributed by atoms with Gasteiger partial charge in [-0.25, -0.2) is 0 Å². The average Bonchev–Trinajstić information content (AvgIpc) is 3.21. The fourth-order valence-corrected chi connectivity index (χ4v) is 3.88. The van der Waals surface area contributed by atoms with Crippen LogP contribution in [-0.2, 0) is 10.2 Å². The van der Waals surface area contributed by atoms with Crippen molar-refractivity contribution in [1.29, 1.82) is 0 Å². The maximum atomic E-state index is 12.8. The summed E-state index contributed by atoms with van der Waals surface area (Å²) >= 11 is 3.52. The summed E-state index contributed by atoms with van der Waals surface area (Å²) in [7, 11) is 0. The van der Waals surface area contributed by atoms with Crippen molar-refractivity contribution < 1.29 is 4.79 Å². The Kier molecular flexibility index (Phi) is 4.36. The summed E-state index contributed by atoms with van der Waals surface area (Å²) in [5.74, 6) is 0.782. The monoisotopic (exact) mass is 350 g/mol. The van der Waals surface area contributed by atoms with Gasteiger partial charge in [-0.2, -0.15) is 0 Å². The van der Waals surface area contributed by atoms with Crippen molar-refractivity contribution in [2.45, 2.75) is 50.0 Å². The maximum Gasteiger partial charge on any atom is 0.230 e. The first-order valence-corrected chi connectivity index (χ1v) is 8.71. The van der Waals surface area contributed by atoms with Gasteiger partial charge in [0.15, 0.2) is 0 Å². The van der Waals surface area contributed by atoms with Gasteiger partial charge in [-0.05, 0) is 49.3 Å². The molecule has 3 rings (SSSR count). The zero-order chi connectivity index (χ0) is 14.9. The zero-order valence-electron chi connectivity index (χ0n) is 12.3.